The van der Waals surface area contributed by atoms with Gasteiger partial charge in [0.25, 0.3) is 0 Å². The normalized spacial score (nSPS) is 13.4. The summed E-state index contributed by atoms with van der Waals surface area (Å²) in [5.41, 5.74) is 18.1. The van der Waals surface area contributed by atoms with Gasteiger partial charge in [0.05, 0.1) is 21.8 Å². The van der Waals surface area contributed by atoms with E-state index in [4.69, 9.17) is 0 Å². The summed E-state index contributed by atoms with van der Waals surface area (Å²) in [5, 5.41) is 5.19. The van der Waals surface area contributed by atoms with Gasteiger partial charge in [-0.15, -0.1) is 0 Å². The van der Waals surface area contributed by atoms with Crippen molar-refractivity contribution in [3.05, 3.63) is 191 Å². The Hall–Kier alpha value is -5.69. The van der Waals surface area contributed by atoms with E-state index in [1.165, 1.54) is 88.8 Å². The zero-order chi connectivity index (χ0) is 41.4. The number of rotatable bonds is 8. The second-order valence-electron chi connectivity index (χ2n) is 19.1. The van der Waals surface area contributed by atoms with Crippen LogP contribution in [0.4, 0.5) is 34.1 Å². The molecule has 0 radical (unpaired) electrons. The van der Waals surface area contributed by atoms with Crippen molar-refractivity contribution < 1.29 is 0 Å². The summed E-state index contributed by atoms with van der Waals surface area (Å²) < 4.78 is -0.0620. The van der Waals surface area contributed by atoms with Crippen LogP contribution < -0.4 is 9.80 Å². The van der Waals surface area contributed by atoms with Gasteiger partial charge >= 0.3 is 0 Å². The average Bonchev–Trinajstić information content (AvgIpc) is 3.51. The molecule has 8 aromatic rings. The van der Waals surface area contributed by atoms with E-state index in [1.807, 2.05) is 0 Å². The van der Waals surface area contributed by atoms with Crippen molar-refractivity contribution in [2.45, 2.75) is 71.6 Å². The topological polar surface area (TPSA) is 6.48 Å². The van der Waals surface area contributed by atoms with E-state index in [0.717, 1.165) is 11.4 Å². The van der Waals surface area contributed by atoms with E-state index in [2.05, 4.69) is 235 Å². The summed E-state index contributed by atoms with van der Waals surface area (Å²) in [5.74, 6) is 0. The maximum absolute atomic E-state index is 2.64. The van der Waals surface area contributed by atoms with Gasteiger partial charge in [-0.2, -0.15) is 0 Å². The number of anilines is 6. The van der Waals surface area contributed by atoms with Gasteiger partial charge in [-0.25, -0.2) is 0 Å². The molecule has 4 heteroatoms. The molecule has 1 aliphatic carbocycles. The number of aryl methyl sites for hydroxylation is 4. The molecule has 2 nitrogen and oxygen atoms in total. The Morgan fingerprint density at radius 3 is 1.25 bits per heavy atom. The van der Waals surface area contributed by atoms with Crippen LogP contribution >= 0.6 is 0 Å². The van der Waals surface area contributed by atoms with Crippen LogP contribution in [0.3, 0.4) is 0 Å². The van der Waals surface area contributed by atoms with Crippen LogP contribution in [0, 0.1) is 27.7 Å². The van der Waals surface area contributed by atoms with Crippen LogP contribution in [0.25, 0.3) is 32.7 Å². The first-order chi connectivity index (χ1) is 28.2. The Bertz CT molecular complexity index is 2760. The number of hydrogen-bond donors (Lipinski definition) is 0. The minimum absolute atomic E-state index is 0.0620. The summed E-state index contributed by atoms with van der Waals surface area (Å²) in [4.78, 5) is 4.92. The van der Waals surface area contributed by atoms with Crippen molar-refractivity contribution in [3.8, 4) is 11.1 Å². The highest BCUT2D eigenvalue weighted by Gasteiger charge is 2.59. The fourth-order valence-electron chi connectivity index (χ4n) is 10.6. The van der Waals surface area contributed by atoms with Gasteiger partial charge in [0, 0.05) is 38.5 Å². The van der Waals surface area contributed by atoms with Gasteiger partial charge in [-0.1, -0.05) is 146 Å². The van der Waals surface area contributed by atoms with Gasteiger partial charge in [-0.05, 0) is 139 Å². The van der Waals surface area contributed by atoms with Crippen LogP contribution in [0.15, 0.2) is 158 Å². The van der Waals surface area contributed by atoms with E-state index in [0.29, 0.717) is 0 Å². The highest BCUT2D eigenvalue weighted by molar-refractivity contribution is 6.99. The SMILES string of the molecule is Cc1ccc(N(c2ccc(C)cc2)c2ccc3cc4c(cc3c2)C([Si](C)(C)C)([Si](C)(C)C)c2cc(N(c3ccc(C)cc3)c3ccc(C)cc3)c3ccccc3c2-4)cc1. The van der Waals surface area contributed by atoms with Gasteiger partial charge in [0.2, 0.25) is 0 Å². The molecule has 0 N–H and O–H groups in total. The third-order valence-electron chi connectivity index (χ3n) is 13.0. The van der Waals surface area contributed by atoms with Crippen LogP contribution in [0.2, 0.25) is 39.3 Å². The first-order valence-electron chi connectivity index (χ1n) is 21.2. The molecule has 9 rings (SSSR count). The Labute approximate surface area is 353 Å². The van der Waals surface area contributed by atoms with Crippen molar-refractivity contribution in [1.82, 2.24) is 0 Å². The minimum atomic E-state index is -2.04. The van der Waals surface area contributed by atoms with E-state index < -0.39 is 16.1 Å². The van der Waals surface area contributed by atoms with Crippen LogP contribution in [0.1, 0.15) is 33.4 Å². The molecule has 0 saturated heterocycles. The number of hydrogen-bond acceptors (Lipinski definition) is 2. The van der Waals surface area contributed by atoms with Crippen molar-refractivity contribution in [1.29, 1.82) is 0 Å². The first-order valence-corrected chi connectivity index (χ1v) is 28.2. The zero-order valence-electron chi connectivity index (χ0n) is 36.4. The van der Waals surface area contributed by atoms with Crippen LogP contribution in [-0.2, 0) is 4.66 Å². The molecule has 59 heavy (non-hydrogen) atoms. The lowest BCUT2D eigenvalue weighted by molar-refractivity contribution is 0.954. The maximum atomic E-state index is 2.64. The molecule has 0 amide bonds. The molecule has 0 saturated carbocycles. The van der Waals surface area contributed by atoms with Gasteiger partial charge in [0.15, 0.2) is 0 Å². The molecule has 0 atom stereocenters. The largest absolute Gasteiger partial charge is 0.310 e. The van der Waals surface area contributed by atoms with E-state index in [9.17, 15) is 0 Å². The van der Waals surface area contributed by atoms with Crippen molar-refractivity contribution >= 4 is 71.8 Å². The molecule has 0 heterocycles. The minimum Gasteiger partial charge on any atom is -0.310 e. The summed E-state index contributed by atoms with van der Waals surface area (Å²) in [6.45, 7) is 24.5. The fraction of sp³-hybridized carbons (Fsp3) is 0.200. The molecule has 8 aromatic carbocycles. The van der Waals surface area contributed by atoms with E-state index >= 15 is 0 Å². The van der Waals surface area contributed by atoms with Crippen LogP contribution in [0.5, 0.6) is 0 Å². The summed E-state index contributed by atoms with van der Waals surface area (Å²) >= 11 is 0. The Morgan fingerprint density at radius 2 is 0.797 bits per heavy atom. The van der Waals surface area contributed by atoms with Gasteiger partial charge in [0.1, 0.15) is 0 Å². The maximum Gasteiger partial charge on any atom is 0.0579 e. The smallest absolute Gasteiger partial charge is 0.0579 e. The quantitative estimate of drug-likeness (QED) is 0.141. The summed E-state index contributed by atoms with van der Waals surface area (Å²) in [6.07, 6.45) is 0. The lowest BCUT2D eigenvalue weighted by Crippen LogP contribution is -2.63. The van der Waals surface area contributed by atoms with Crippen molar-refractivity contribution in [3.63, 3.8) is 0 Å². The molecular formula is C55H56N2Si2. The third kappa shape index (κ3) is 6.36. The second kappa shape index (κ2) is 14.3. The molecule has 0 fully saturated rings. The molecule has 0 unspecified atom stereocenters. The number of benzene rings is 8. The molecular weight excluding hydrogens is 745 g/mol. The van der Waals surface area contributed by atoms with Crippen molar-refractivity contribution in [2.24, 2.45) is 0 Å². The Balaban J connectivity index is 1.34. The molecule has 0 spiro atoms. The third-order valence-corrected chi connectivity index (χ3v) is 23.1. The predicted octanol–water partition coefficient (Wildman–Crippen LogP) is 16.2. The summed E-state index contributed by atoms with van der Waals surface area (Å²) in [6, 6.07) is 60.1. The Morgan fingerprint density at radius 1 is 0.373 bits per heavy atom. The molecule has 0 bridgehead atoms. The van der Waals surface area contributed by atoms with E-state index in [1.54, 1.807) is 0 Å². The lowest BCUT2D eigenvalue weighted by atomic mass is 9.94. The fourth-order valence-corrected chi connectivity index (χ4v) is 23.6. The average molecular weight is 801 g/mol. The monoisotopic (exact) mass is 800 g/mol. The lowest BCUT2D eigenvalue weighted by Gasteiger charge is -2.51. The van der Waals surface area contributed by atoms with Crippen molar-refractivity contribution in [2.75, 3.05) is 9.80 Å². The zero-order valence-corrected chi connectivity index (χ0v) is 38.4. The van der Waals surface area contributed by atoms with Gasteiger partial charge in [-0.3, -0.25) is 0 Å². The Kier molecular flexibility index (Phi) is 9.37. The number of nitrogens with zero attached hydrogens (tertiary/aromatic N) is 2. The summed E-state index contributed by atoms with van der Waals surface area (Å²) in [7, 11) is -4.07. The highest BCUT2D eigenvalue weighted by atomic mass is 28.4. The number of fused-ring (bicyclic) bond motifs is 6. The predicted molar refractivity (Wildman–Crippen MR) is 263 cm³/mol. The van der Waals surface area contributed by atoms with Gasteiger partial charge < -0.3 is 9.80 Å². The first kappa shape index (κ1) is 38.8. The van der Waals surface area contributed by atoms with Crippen LogP contribution in [-0.4, -0.2) is 16.1 Å². The molecule has 0 aromatic heterocycles. The van der Waals surface area contributed by atoms with E-state index in [-0.39, 0.29) is 4.66 Å². The standard InChI is InChI=1S/C55H56N2Si2/c1-37-15-24-43(25-16-37)56(44-26-17-38(2)18-27-44)47-32-23-41-34-50-51(35-42(41)33-47)55(58(5,6)7,59(8,9)10)52-36-53(48-13-11-12-14-49(48)54(50)52)57(45-28-19-39(3)20-29-45)46-30-21-40(4)22-31-46/h11-36H,1-10H3. The molecule has 0 aliphatic heterocycles. The highest BCUT2D eigenvalue weighted by Crippen LogP contribution is 2.61. The second-order valence-corrected chi connectivity index (χ2v) is 30.1. The molecule has 294 valence electrons. The molecule has 1 aliphatic rings.